The van der Waals surface area contributed by atoms with Crippen LogP contribution < -0.4 is 0 Å². The van der Waals surface area contributed by atoms with Gasteiger partial charge in [0, 0.05) is 17.0 Å². The molecule has 3 heteroatoms. The number of benzene rings is 1. The second kappa shape index (κ2) is 5.86. The van der Waals surface area contributed by atoms with E-state index in [1.807, 2.05) is 0 Å². The predicted octanol–water partition coefficient (Wildman–Crippen LogP) is 4.24. The van der Waals surface area contributed by atoms with Gasteiger partial charge in [0.25, 0.3) is 0 Å². The van der Waals surface area contributed by atoms with Gasteiger partial charge < -0.3 is 0 Å². The van der Waals surface area contributed by atoms with Gasteiger partial charge >= 0.3 is 0 Å². The molecule has 0 aliphatic rings. The molecule has 0 aromatic heterocycles. The predicted molar refractivity (Wildman–Crippen MR) is 59.9 cm³/mol. The summed E-state index contributed by atoms with van der Waals surface area (Å²) in [7, 11) is 0. The van der Waals surface area contributed by atoms with Crippen LogP contribution >= 0.6 is 11.6 Å². The standard InChI is InChI=1S/C12H14ClFO/c1-2-3-4-5-12(15)9-6-10(13)8-11(14)7-9/h6-8H,2-5H2,1H3. The smallest absolute Gasteiger partial charge is 0.163 e. The molecule has 0 aliphatic heterocycles. The van der Waals surface area contributed by atoms with E-state index in [1.165, 1.54) is 18.2 Å². The minimum absolute atomic E-state index is 0.0372. The number of rotatable bonds is 5. The first-order valence-corrected chi connectivity index (χ1v) is 5.50. The van der Waals surface area contributed by atoms with Crippen molar-refractivity contribution < 1.29 is 9.18 Å². The molecular weight excluding hydrogens is 215 g/mol. The molecule has 0 fully saturated rings. The van der Waals surface area contributed by atoms with E-state index in [4.69, 9.17) is 11.6 Å². The van der Waals surface area contributed by atoms with Crippen LogP contribution in [0.25, 0.3) is 0 Å². The third-order valence-corrected chi connectivity index (χ3v) is 2.41. The van der Waals surface area contributed by atoms with Crippen LogP contribution in [0.15, 0.2) is 18.2 Å². The fourth-order valence-electron chi connectivity index (χ4n) is 1.39. The molecule has 0 atom stereocenters. The maximum Gasteiger partial charge on any atom is 0.163 e. The summed E-state index contributed by atoms with van der Waals surface area (Å²) in [6, 6.07) is 3.95. The van der Waals surface area contributed by atoms with E-state index in [2.05, 4.69) is 6.92 Å². The molecule has 1 nitrogen and oxygen atoms in total. The van der Waals surface area contributed by atoms with E-state index in [-0.39, 0.29) is 10.8 Å². The summed E-state index contributed by atoms with van der Waals surface area (Å²) in [6.07, 6.45) is 3.41. The number of hydrogen-bond acceptors (Lipinski definition) is 1. The van der Waals surface area contributed by atoms with Crippen molar-refractivity contribution >= 4 is 17.4 Å². The Bertz CT molecular complexity index is 329. The van der Waals surface area contributed by atoms with Gasteiger partial charge in [-0.1, -0.05) is 31.4 Å². The highest BCUT2D eigenvalue weighted by Crippen LogP contribution is 2.16. The van der Waals surface area contributed by atoms with E-state index >= 15 is 0 Å². The number of unbranched alkanes of at least 4 members (excludes halogenated alkanes) is 2. The zero-order valence-electron chi connectivity index (χ0n) is 8.72. The molecule has 0 bridgehead atoms. The van der Waals surface area contributed by atoms with Gasteiger partial charge in [-0.25, -0.2) is 4.39 Å². The highest BCUT2D eigenvalue weighted by molar-refractivity contribution is 6.31. The van der Waals surface area contributed by atoms with Gasteiger partial charge in [0.1, 0.15) is 5.82 Å². The largest absolute Gasteiger partial charge is 0.294 e. The van der Waals surface area contributed by atoms with Crippen LogP contribution in [0.3, 0.4) is 0 Å². The summed E-state index contributed by atoms with van der Waals surface area (Å²) in [5.74, 6) is -0.494. The van der Waals surface area contributed by atoms with E-state index in [0.29, 0.717) is 12.0 Å². The summed E-state index contributed by atoms with van der Waals surface area (Å²) < 4.78 is 12.9. The fourth-order valence-corrected chi connectivity index (χ4v) is 1.62. The van der Waals surface area contributed by atoms with Crippen molar-refractivity contribution in [1.82, 2.24) is 0 Å². The fraction of sp³-hybridized carbons (Fsp3) is 0.417. The van der Waals surface area contributed by atoms with Crippen LogP contribution in [0.5, 0.6) is 0 Å². The van der Waals surface area contributed by atoms with Gasteiger partial charge in [0.15, 0.2) is 5.78 Å². The molecule has 0 unspecified atom stereocenters. The quantitative estimate of drug-likeness (QED) is 0.544. The molecule has 0 heterocycles. The van der Waals surface area contributed by atoms with Gasteiger partial charge in [-0.15, -0.1) is 0 Å². The lowest BCUT2D eigenvalue weighted by Crippen LogP contribution is -1.99. The monoisotopic (exact) mass is 228 g/mol. The van der Waals surface area contributed by atoms with Crippen LogP contribution in [0, 0.1) is 5.82 Å². The normalized spacial score (nSPS) is 10.3. The molecule has 82 valence electrons. The van der Waals surface area contributed by atoms with Crippen molar-refractivity contribution in [3.05, 3.63) is 34.6 Å². The summed E-state index contributed by atoms with van der Waals surface area (Å²) in [5, 5.41) is 0.272. The minimum Gasteiger partial charge on any atom is -0.294 e. The van der Waals surface area contributed by atoms with E-state index in [9.17, 15) is 9.18 Å². The maximum absolute atomic E-state index is 12.9. The van der Waals surface area contributed by atoms with E-state index < -0.39 is 5.82 Å². The van der Waals surface area contributed by atoms with Gasteiger partial charge in [0.2, 0.25) is 0 Å². The topological polar surface area (TPSA) is 17.1 Å². The molecule has 1 rings (SSSR count). The lowest BCUT2D eigenvalue weighted by atomic mass is 10.0. The molecule has 0 spiro atoms. The van der Waals surface area contributed by atoms with Crippen LogP contribution in [-0.2, 0) is 0 Å². The Kier molecular flexibility index (Phi) is 4.76. The van der Waals surface area contributed by atoms with Gasteiger partial charge in [-0.3, -0.25) is 4.79 Å². The lowest BCUT2D eigenvalue weighted by molar-refractivity contribution is 0.0979. The van der Waals surface area contributed by atoms with Crippen LogP contribution in [0.2, 0.25) is 5.02 Å². The number of hydrogen-bond donors (Lipinski definition) is 0. The Labute approximate surface area is 94.3 Å². The highest BCUT2D eigenvalue weighted by Gasteiger charge is 2.07. The van der Waals surface area contributed by atoms with Crippen molar-refractivity contribution in [1.29, 1.82) is 0 Å². The zero-order valence-corrected chi connectivity index (χ0v) is 9.48. The molecular formula is C12H14ClFO. The molecule has 0 aliphatic carbocycles. The van der Waals surface area contributed by atoms with Gasteiger partial charge in [-0.2, -0.15) is 0 Å². The SMILES string of the molecule is CCCCCC(=O)c1cc(F)cc(Cl)c1. The Morgan fingerprint density at radius 3 is 2.67 bits per heavy atom. The van der Waals surface area contributed by atoms with Crippen LogP contribution in [0.1, 0.15) is 43.0 Å². The third kappa shape index (κ3) is 4.00. The molecule has 0 saturated heterocycles. The van der Waals surface area contributed by atoms with Crippen molar-refractivity contribution in [2.75, 3.05) is 0 Å². The van der Waals surface area contributed by atoms with Crippen molar-refractivity contribution in [3.8, 4) is 0 Å². The van der Waals surface area contributed by atoms with Crippen molar-refractivity contribution in [3.63, 3.8) is 0 Å². The molecule has 1 aromatic carbocycles. The number of Topliss-reactive ketones (excluding diaryl/α,β-unsaturated/α-hetero) is 1. The average Bonchev–Trinajstić information content (AvgIpc) is 2.16. The van der Waals surface area contributed by atoms with Crippen LogP contribution in [-0.4, -0.2) is 5.78 Å². The Morgan fingerprint density at radius 1 is 1.33 bits per heavy atom. The summed E-state index contributed by atoms with van der Waals surface area (Å²) in [4.78, 5) is 11.6. The minimum atomic E-state index is -0.457. The second-order valence-corrected chi connectivity index (χ2v) is 3.97. The second-order valence-electron chi connectivity index (χ2n) is 3.54. The molecule has 15 heavy (non-hydrogen) atoms. The summed E-state index contributed by atoms with van der Waals surface area (Å²) >= 11 is 5.66. The Balaban J connectivity index is 2.65. The molecule has 1 aromatic rings. The first-order chi connectivity index (χ1) is 7.13. The average molecular weight is 229 g/mol. The Hall–Kier alpha value is -0.890. The van der Waals surface area contributed by atoms with E-state index in [0.717, 1.165) is 19.3 Å². The highest BCUT2D eigenvalue weighted by atomic mass is 35.5. The van der Waals surface area contributed by atoms with Crippen molar-refractivity contribution in [2.24, 2.45) is 0 Å². The molecule has 0 N–H and O–H groups in total. The summed E-state index contributed by atoms with van der Waals surface area (Å²) in [5.41, 5.74) is 0.371. The van der Waals surface area contributed by atoms with E-state index in [1.54, 1.807) is 0 Å². The molecule has 0 radical (unpaired) electrons. The summed E-state index contributed by atoms with van der Waals surface area (Å²) in [6.45, 7) is 2.07. The first kappa shape index (κ1) is 12.2. The number of ketones is 1. The maximum atomic E-state index is 12.9. The number of halogens is 2. The zero-order chi connectivity index (χ0) is 11.3. The van der Waals surface area contributed by atoms with Crippen LogP contribution in [0.4, 0.5) is 4.39 Å². The van der Waals surface area contributed by atoms with Crippen molar-refractivity contribution in [2.45, 2.75) is 32.6 Å². The number of carbonyl (C=O) groups excluding carboxylic acids is 1. The third-order valence-electron chi connectivity index (χ3n) is 2.19. The molecule has 0 saturated carbocycles. The number of carbonyl (C=O) groups is 1. The Morgan fingerprint density at radius 2 is 2.07 bits per heavy atom. The molecule has 0 amide bonds. The lowest BCUT2D eigenvalue weighted by Gasteiger charge is -2.01. The first-order valence-electron chi connectivity index (χ1n) is 5.12. The van der Waals surface area contributed by atoms with Gasteiger partial charge in [0.05, 0.1) is 0 Å². The van der Waals surface area contributed by atoms with Gasteiger partial charge in [-0.05, 0) is 24.6 Å².